The van der Waals surface area contributed by atoms with Crippen molar-refractivity contribution in [2.24, 2.45) is 25.6 Å². The van der Waals surface area contributed by atoms with Crippen LogP contribution in [0.15, 0.2) is 97.2 Å². The molecule has 1 atom stereocenters. The van der Waals surface area contributed by atoms with Gasteiger partial charge in [-0.05, 0) is 97.6 Å². The van der Waals surface area contributed by atoms with E-state index in [0.29, 0.717) is 17.1 Å². The van der Waals surface area contributed by atoms with Crippen LogP contribution in [0.3, 0.4) is 0 Å². The Kier molecular flexibility index (Phi) is 9.22. The predicted molar refractivity (Wildman–Crippen MR) is 176 cm³/mol. The number of phenols is 1. The van der Waals surface area contributed by atoms with Crippen molar-refractivity contribution in [1.82, 2.24) is 0 Å². The van der Waals surface area contributed by atoms with Crippen molar-refractivity contribution in [3.63, 3.8) is 0 Å². The first-order chi connectivity index (χ1) is 22.1. The number of carbonyl (C=O) groups is 2. The van der Waals surface area contributed by atoms with Gasteiger partial charge < -0.3 is 10.2 Å². The first-order valence-corrected chi connectivity index (χ1v) is 15.8. The molecule has 1 unspecified atom stereocenters. The number of hydrogen-bond donors (Lipinski definition) is 3. The van der Waals surface area contributed by atoms with E-state index >= 15 is 0 Å². The lowest BCUT2D eigenvalue weighted by atomic mass is 10.0. The van der Waals surface area contributed by atoms with Crippen LogP contribution in [-0.2, 0) is 14.9 Å². The molecule has 0 saturated heterocycles. The van der Waals surface area contributed by atoms with Gasteiger partial charge in [-0.3, -0.25) is 9.35 Å². The third kappa shape index (κ3) is 7.05. The molecule has 1 amide bonds. The minimum atomic E-state index is -4.64. The summed E-state index contributed by atoms with van der Waals surface area (Å²) in [6, 6.07) is 16.0. The number of halogens is 2. The molecule has 0 saturated carbocycles. The van der Waals surface area contributed by atoms with Crippen LogP contribution in [0, 0.1) is 13.8 Å². The zero-order chi connectivity index (χ0) is 34.2. The highest BCUT2D eigenvalue weighted by Crippen LogP contribution is 2.37. The van der Waals surface area contributed by atoms with Gasteiger partial charge in [-0.15, -0.1) is 0 Å². The fourth-order valence-electron chi connectivity index (χ4n) is 4.62. The third-order valence-corrected chi connectivity index (χ3v) is 8.72. The van der Waals surface area contributed by atoms with Crippen molar-refractivity contribution in [1.29, 1.82) is 0 Å². The Balaban J connectivity index is 1.31. The summed E-state index contributed by atoms with van der Waals surface area (Å²) in [5.41, 5.74) is 4.81. The van der Waals surface area contributed by atoms with Crippen molar-refractivity contribution in [3.05, 3.63) is 93.5 Å². The number of nitrogens with zero attached hydrogens (tertiary/aromatic N) is 6. The second-order valence-corrected chi connectivity index (χ2v) is 12.6. The molecule has 0 aromatic heterocycles. The lowest BCUT2D eigenvalue weighted by Crippen LogP contribution is -2.30. The molecule has 4 aromatic carbocycles. The summed E-state index contributed by atoms with van der Waals surface area (Å²) in [5.74, 6) is -2.22. The van der Waals surface area contributed by atoms with E-state index in [2.05, 4.69) is 25.6 Å². The van der Waals surface area contributed by atoms with Gasteiger partial charge in [0.25, 0.3) is 16.0 Å². The largest absolute Gasteiger partial charge is 0.507 e. The van der Waals surface area contributed by atoms with E-state index in [4.69, 9.17) is 23.2 Å². The Morgan fingerprint density at radius 1 is 0.851 bits per heavy atom. The molecule has 4 aromatic rings. The molecule has 13 nitrogen and oxygen atoms in total. The number of benzene rings is 4. The van der Waals surface area contributed by atoms with Crippen molar-refractivity contribution in [2.75, 3.05) is 5.01 Å². The van der Waals surface area contributed by atoms with Crippen LogP contribution in [-0.4, -0.2) is 46.8 Å². The van der Waals surface area contributed by atoms with Crippen molar-refractivity contribution in [2.45, 2.75) is 31.7 Å². The van der Waals surface area contributed by atoms with E-state index in [1.807, 2.05) is 38.1 Å². The highest BCUT2D eigenvalue weighted by Gasteiger charge is 2.36. The molecule has 16 heteroatoms. The highest BCUT2D eigenvalue weighted by molar-refractivity contribution is 7.86. The molecule has 3 N–H and O–H groups in total. The van der Waals surface area contributed by atoms with Crippen molar-refractivity contribution < 1.29 is 32.8 Å². The smallest absolute Gasteiger partial charge is 0.339 e. The van der Waals surface area contributed by atoms with Crippen molar-refractivity contribution >= 4 is 73.7 Å². The van der Waals surface area contributed by atoms with E-state index < -0.39 is 32.9 Å². The van der Waals surface area contributed by atoms with Gasteiger partial charge in [0.2, 0.25) is 0 Å². The monoisotopic (exact) mass is 694 g/mol. The van der Waals surface area contributed by atoms with E-state index in [9.17, 15) is 32.8 Å². The lowest BCUT2D eigenvalue weighted by molar-refractivity contribution is -0.117. The number of anilines is 1. The van der Waals surface area contributed by atoms with E-state index in [1.165, 1.54) is 18.2 Å². The number of amides is 1. The van der Waals surface area contributed by atoms with Gasteiger partial charge in [0, 0.05) is 0 Å². The van der Waals surface area contributed by atoms with Crippen LogP contribution in [0.1, 0.15) is 28.4 Å². The topological polar surface area (TPSA) is 194 Å². The van der Waals surface area contributed by atoms with Gasteiger partial charge in [0.15, 0.2) is 6.04 Å². The SMILES string of the molecule is CC1=NN(c2cc(Cl)c(S(=O)(=O)O)cc2Cl)C(=O)C1N=Nc1ccc(-c2ccc(N=Nc3ccc(O)c(C(=O)O)c3)c(C)c2)cc1C. The maximum absolute atomic E-state index is 13.2. The zero-order valence-electron chi connectivity index (χ0n) is 24.8. The average Bonchev–Trinajstić information content (AvgIpc) is 3.28. The fourth-order valence-corrected chi connectivity index (χ4v) is 5.95. The molecule has 1 aliphatic rings. The molecule has 0 spiro atoms. The number of hydrogen-bond acceptors (Lipinski definition) is 10. The molecule has 0 bridgehead atoms. The first kappa shape index (κ1) is 33.3. The summed E-state index contributed by atoms with van der Waals surface area (Å²) >= 11 is 12.2. The van der Waals surface area contributed by atoms with Gasteiger partial charge in [0.1, 0.15) is 16.2 Å². The number of hydrazone groups is 1. The molecule has 1 aliphatic heterocycles. The Hall–Kier alpha value is -5.02. The number of carboxylic acids is 1. The lowest BCUT2D eigenvalue weighted by Gasteiger charge is -2.15. The molecular weight excluding hydrogens is 671 g/mol. The first-order valence-electron chi connectivity index (χ1n) is 13.6. The number of carboxylic acid groups (broad SMARTS) is 1. The number of aryl methyl sites for hydroxylation is 2. The second kappa shape index (κ2) is 13.0. The third-order valence-electron chi connectivity index (χ3n) is 7.10. The molecule has 240 valence electrons. The van der Waals surface area contributed by atoms with Gasteiger partial charge >= 0.3 is 5.97 Å². The Labute approximate surface area is 278 Å². The minimum Gasteiger partial charge on any atom is -0.507 e. The Morgan fingerprint density at radius 3 is 2.04 bits per heavy atom. The second-order valence-electron chi connectivity index (χ2n) is 10.4. The predicted octanol–water partition coefficient (Wildman–Crippen LogP) is 8.22. The number of aromatic carboxylic acids is 1. The van der Waals surface area contributed by atoms with E-state index in [1.54, 1.807) is 19.1 Å². The minimum absolute atomic E-state index is 0.0158. The van der Waals surface area contributed by atoms with Gasteiger partial charge in [0.05, 0.1) is 38.5 Å². The van der Waals surface area contributed by atoms with Crippen LogP contribution in [0.25, 0.3) is 11.1 Å². The molecule has 1 heterocycles. The van der Waals surface area contributed by atoms with Crippen LogP contribution in [0.4, 0.5) is 22.7 Å². The maximum atomic E-state index is 13.2. The van der Waals surface area contributed by atoms with Crippen molar-refractivity contribution in [3.8, 4) is 16.9 Å². The quantitative estimate of drug-likeness (QED) is 0.122. The Bertz CT molecular complexity index is 2170. The van der Waals surface area contributed by atoms with E-state index in [0.717, 1.165) is 39.4 Å². The fraction of sp³-hybridized carbons (Fsp3) is 0.129. The molecule has 5 rings (SSSR count). The summed E-state index contributed by atoms with van der Waals surface area (Å²) in [5, 5.41) is 40.4. The number of carbonyl (C=O) groups excluding carboxylic acids is 1. The normalized spacial score (nSPS) is 15.2. The molecule has 0 aliphatic carbocycles. The summed E-state index contributed by atoms with van der Waals surface area (Å²) in [7, 11) is -4.64. The maximum Gasteiger partial charge on any atom is 0.339 e. The van der Waals surface area contributed by atoms with Crippen LogP contribution in [0.5, 0.6) is 5.75 Å². The summed E-state index contributed by atoms with van der Waals surface area (Å²) in [4.78, 5) is 23.9. The number of aromatic hydroxyl groups is 1. The van der Waals surface area contributed by atoms with Crippen LogP contribution >= 0.6 is 23.2 Å². The van der Waals surface area contributed by atoms with Gasteiger partial charge in [-0.1, -0.05) is 35.3 Å². The number of rotatable bonds is 8. The molecule has 0 fully saturated rings. The Morgan fingerprint density at radius 2 is 1.47 bits per heavy atom. The zero-order valence-corrected chi connectivity index (χ0v) is 27.1. The number of azo groups is 2. The molecular formula is C31H24Cl2N6O7S. The van der Waals surface area contributed by atoms with Crippen LogP contribution < -0.4 is 5.01 Å². The van der Waals surface area contributed by atoms with Gasteiger partial charge in [-0.25, -0.2) is 4.79 Å². The highest BCUT2D eigenvalue weighted by atomic mass is 35.5. The molecule has 47 heavy (non-hydrogen) atoms. The molecule has 0 radical (unpaired) electrons. The summed E-state index contributed by atoms with van der Waals surface area (Å²) < 4.78 is 32.4. The van der Waals surface area contributed by atoms with Gasteiger partial charge in [-0.2, -0.15) is 39.0 Å². The summed E-state index contributed by atoms with van der Waals surface area (Å²) in [6.45, 7) is 5.30. The average molecular weight is 696 g/mol. The van der Waals surface area contributed by atoms with E-state index in [-0.39, 0.29) is 32.7 Å². The standard InChI is InChI=1S/C31H24Cl2N6O7S/c1-15-10-18(4-7-24(15)35-34-20-6-9-27(40)21(12-20)31(42)43)19-5-8-25(16(2)11-19)36-37-29-17(3)38-39(30(29)41)26-13-23(33)28(14-22(26)32)47(44,45)46/h4-14,29,40H,1-3H3,(H,42,43)(H,44,45,46). The summed E-state index contributed by atoms with van der Waals surface area (Å²) in [6.07, 6.45) is 0. The van der Waals surface area contributed by atoms with Crippen LogP contribution in [0.2, 0.25) is 10.0 Å².